The van der Waals surface area contributed by atoms with Gasteiger partial charge in [0.2, 0.25) is 0 Å². The van der Waals surface area contributed by atoms with Crippen molar-refractivity contribution in [3.63, 3.8) is 0 Å². The van der Waals surface area contributed by atoms with Crippen molar-refractivity contribution < 1.29 is 20.1 Å². The van der Waals surface area contributed by atoms with Crippen LogP contribution in [0.5, 0.6) is 0 Å². The Bertz CT molecular complexity index is 923. The van der Waals surface area contributed by atoms with Crippen LogP contribution in [-0.2, 0) is 4.74 Å². The lowest BCUT2D eigenvalue weighted by atomic mass is 9.92. The first-order chi connectivity index (χ1) is 12.5. The van der Waals surface area contributed by atoms with E-state index in [0.717, 1.165) is 33.5 Å². The number of ether oxygens (including phenoxy) is 1. The van der Waals surface area contributed by atoms with Crippen molar-refractivity contribution in [1.29, 1.82) is 0 Å². The van der Waals surface area contributed by atoms with E-state index < -0.39 is 24.4 Å². The largest absolute Gasteiger partial charge is 0.394 e. The fourth-order valence-corrected chi connectivity index (χ4v) is 3.47. The van der Waals surface area contributed by atoms with E-state index in [4.69, 9.17) is 4.74 Å². The number of nitrogens with zero attached hydrogens (tertiary/aromatic N) is 1. The molecule has 2 heterocycles. The molecule has 0 saturated carbocycles. The van der Waals surface area contributed by atoms with Crippen LogP contribution in [0.2, 0.25) is 0 Å². The molecule has 1 aliphatic rings. The van der Waals surface area contributed by atoms with Crippen LogP contribution in [0.4, 0.5) is 0 Å². The summed E-state index contributed by atoms with van der Waals surface area (Å²) in [6.45, 7) is 1.84. The summed E-state index contributed by atoms with van der Waals surface area (Å²) in [4.78, 5) is 7.95. The maximum absolute atomic E-state index is 10.3. The van der Waals surface area contributed by atoms with Gasteiger partial charge in [-0.15, -0.1) is 0 Å². The van der Waals surface area contributed by atoms with Gasteiger partial charge in [-0.2, -0.15) is 0 Å². The average molecular weight is 354 g/mol. The third-order valence-electron chi connectivity index (χ3n) is 4.88. The molecule has 0 spiro atoms. The molecule has 1 aliphatic heterocycles. The summed E-state index contributed by atoms with van der Waals surface area (Å²) in [5, 5.41) is 29.8. The van der Waals surface area contributed by atoms with Gasteiger partial charge in [-0.1, -0.05) is 24.3 Å². The SMILES string of the molecule is Cc1ccc2nc(-c3cccc([C@H]4OC(CO)CC(O)C4O)c3)[nH]c2c1. The highest BCUT2D eigenvalue weighted by atomic mass is 16.5. The molecule has 2 aromatic carbocycles. The summed E-state index contributed by atoms with van der Waals surface area (Å²) < 4.78 is 5.78. The van der Waals surface area contributed by atoms with Gasteiger partial charge in [0.05, 0.1) is 29.8 Å². The van der Waals surface area contributed by atoms with E-state index >= 15 is 0 Å². The number of aromatic amines is 1. The quantitative estimate of drug-likeness (QED) is 0.577. The monoisotopic (exact) mass is 354 g/mol. The van der Waals surface area contributed by atoms with Crippen molar-refractivity contribution in [3.8, 4) is 11.4 Å². The first-order valence-corrected chi connectivity index (χ1v) is 8.74. The summed E-state index contributed by atoms with van der Waals surface area (Å²) in [6, 6.07) is 13.6. The highest BCUT2D eigenvalue weighted by Crippen LogP contribution is 2.33. The number of aryl methyl sites for hydroxylation is 1. The number of imidazole rings is 1. The van der Waals surface area contributed by atoms with Crippen LogP contribution in [0.15, 0.2) is 42.5 Å². The van der Waals surface area contributed by atoms with E-state index in [-0.39, 0.29) is 13.0 Å². The predicted octanol–water partition coefficient (Wildman–Crippen LogP) is 2.08. The van der Waals surface area contributed by atoms with Gasteiger partial charge in [0.1, 0.15) is 18.0 Å². The zero-order valence-corrected chi connectivity index (χ0v) is 14.5. The van der Waals surface area contributed by atoms with Crippen molar-refractivity contribution in [1.82, 2.24) is 9.97 Å². The Hall–Kier alpha value is -2.25. The summed E-state index contributed by atoms with van der Waals surface area (Å²) in [5.41, 5.74) is 4.62. The highest BCUT2D eigenvalue weighted by molar-refractivity contribution is 5.80. The Morgan fingerprint density at radius 3 is 2.85 bits per heavy atom. The first-order valence-electron chi connectivity index (χ1n) is 8.74. The average Bonchev–Trinajstić information content (AvgIpc) is 3.07. The predicted molar refractivity (Wildman–Crippen MR) is 97.6 cm³/mol. The van der Waals surface area contributed by atoms with E-state index in [0.29, 0.717) is 0 Å². The van der Waals surface area contributed by atoms with Crippen LogP contribution < -0.4 is 0 Å². The standard InChI is InChI=1S/C20H22N2O4/c1-11-5-6-15-16(7-11)22-20(21-15)13-4-2-3-12(8-13)19-18(25)17(24)9-14(10-23)26-19/h2-8,14,17-19,23-25H,9-10H2,1H3,(H,21,22)/t14?,17?,18?,19-/m1/s1. The van der Waals surface area contributed by atoms with E-state index in [1.165, 1.54) is 0 Å². The Morgan fingerprint density at radius 1 is 1.19 bits per heavy atom. The van der Waals surface area contributed by atoms with E-state index in [1.807, 2.05) is 49.4 Å². The lowest BCUT2D eigenvalue weighted by Crippen LogP contribution is -2.44. The van der Waals surface area contributed by atoms with Gasteiger partial charge in [-0.25, -0.2) is 4.98 Å². The molecule has 1 fully saturated rings. The normalized spacial score (nSPS) is 26.3. The number of rotatable bonds is 3. The number of benzene rings is 2. The number of aliphatic hydroxyl groups excluding tert-OH is 3. The molecule has 0 radical (unpaired) electrons. The number of hydrogen-bond donors (Lipinski definition) is 4. The minimum Gasteiger partial charge on any atom is -0.394 e. The molecule has 3 aromatic rings. The molecule has 0 bridgehead atoms. The molecule has 0 aliphatic carbocycles. The number of fused-ring (bicyclic) bond motifs is 1. The molecule has 4 N–H and O–H groups in total. The van der Waals surface area contributed by atoms with Gasteiger partial charge in [-0.05, 0) is 36.2 Å². The minimum atomic E-state index is -1.04. The van der Waals surface area contributed by atoms with Gasteiger partial charge >= 0.3 is 0 Å². The van der Waals surface area contributed by atoms with Crippen molar-refractivity contribution in [2.75, 3.05) is 6.61 Å². The molecular formula is C20H22N2O4. The molecule has 26 heavy (non-hydrogen) atoms. The molecule has 4 rings (SSSR count). The fourth-order valence-electron chi connectivity index (χ4n) is 3.47. The van der Waals surface area contributed by atoms with Gasteiger partial charge in [0.15, 0.2) is 0 Å². The maximum atomic E-state index is 10.3. The number of nitrogens with one attached hydrogen (secondary N) is 1. The molecule has 136 valence electrons. The van der Waals surface area contributed by atoms with Crippen LogP contribution in [0.1, 0.15) is 23.7 Å². The Morgan fingerprint density at radius 2 is 2.04 bits per heavy atom. The Balaban J connectivity index is 1.69. The zero-order valence-electron chi connectivity index (χ0n) is 14.5. The molecule has 1 saturated heterocycles. The summed E-state index contributed by atoms with van der Waals surface area (Å²) in [7, 11) is 0. The van der Waals surface area contributed by atoms with Crippen LogP contribution in [0.3, 0.4) is 0 Å². The van der Waals surface area contributed by atoms with E-state index in [1.54, 1.807) is 0 Å². The number of H-pyrrole nitrogens is 1. The van der Waals surface area contributed by atoms with E-state index in [9.17, 15) is 15.3 Å². The van der Waals surface area contributed by atoms with Gasteiger partial charge in [0, 0.05) is 12.0 Å². The number of aliphatic hydroxyl groups is 3. The lowest BCUT2D eigenvalue weighted by molar-refractivity contribution is -0.179. The topological polar surface area (TPSA) is 98.6 Å². The summed E-state index contributed by atoms with van der Waals surface area (Å²) in [5.74, 6) is 0.733. The number of aromatic nitrogens is 2. The van der Waals surface area contributed by atoms with Crippen molar-refractivity contribution in [3.05, 3.63) is 53.6 Å². The molecule has 1 aromatic heterocycles. The fraction of sp³-hybridized carbons (Fsp3) is 0.350. The van der Waals surface area contributed by atoms with Crippen molar-refractivity contribution in [2.45, 2.75) is 37.8 Å². The molecule has 6 nitrogen and oxygen atoms in total. The van der Waals surface area contributed by atoms with Crippen molar-refractivity contribution >= 4 is 11.0 Å². The second-order valence-corrected chi connectivity index (χ2v) is 6.89. The van der Waals surface area contributed by atoms with E-state index in [2.05, 4.69) is 9.97 Å². The minimum absolute atomic E-state index is 0.192. The molecule has 0 amide bonds. The molecule has 4 atom stereocenters. The molecule has 3 unspecified atom stereocenters. The second kappa shape index (κ2) is 6.81. The molecule has 6 heteroatoms. The maximum Gasteiger partial charge on any atom is 0.138 e. The Kier molecular flexibility index (Phi) is 4.50. The highest BCUT2D eigenvalue weighted by Gasteiger charge is 2.37. The van der Waals surface area contributed by atoms with Crippen molar-refractivity contribution in [2.24, 2.45) is 0 Å². The lowest BCUT2D eigenvalue weighted by Gasteiger charge is -2.36. The number of hydrogen-bond acceptors (Lipinski definition) is 5. The zero-order chi connectivity index (χ0) is 18.3. The second-order valence-electron chi connectivity index (χ2n) is 6.89. The van der Waals surface area contributed by atoms with Crippen LogP contribution >= 0.6 is 0 Å². The van der Waals surface area contributed by atoms with Gasteiger partial charge in [-0.3, -0.25) is 0 Å². The van der Waals surface area contributed by atoms with Crippen LogP contribution in [0, 0.1) is 6.92 Å². The summed E-state index contributed by atoms with van der Waals surface area (Å²) in [6.07, 6.45) is -2.93. The van der Waals surface area contributed by atoms with Crippen LogP contribution in [0.25, 0.3) is 22.4 Å². The van der Waals surface area contributed by atoms with Gasteiger partial charge < -0.3 is 25.0 Å². The first kappa shape index (κ1) is 17.2. The van der Waals surface area contributed by atoms with Gasteiger partial charge in [0.25, 0.3) is 0 Å². The third kappa shape index (κ3) is 3.12. The summed E-state index contributed by atoms with van der Waals surface area (Å²) >= 11 is 0. The Labute approximate surface area is 151 Å². The van der Waals surface area contributed by atoms with Crippen LogP contribution in [-0.4, -0.2) is 50.2 Å². The third-order valence-corrected chi connectivity index (χ3v) is 4.88. The molecular weight excluding hydrogens is 332 g/mol. The smallest absolute Gasteiger partial charge is 0.138 e.